The molecule has 2 aromatic carbocycles. The summed E-state index contributed by atoms with van der Waals surface area (Å²) in [6.45, 7) is 7.20. The van der Waals surface area contributed by atoms with Gasteiger partial charge in [-0.3, -0.25) is 9.59 Å². The number of hydrogen-bond acceptors (Lipinski definition) is 5. The lowest BCUT2D eigenvalue weighted by molar-refractivity contribution is -0.114. The van der Waals surface area contributed by atoms with Crippen molar-refractivity contribution in [1.82, 2.24) is 5.16 Å². The first-order chi connectivity index (χ1) is 13.9. The SMILES string of the molecule is CC(=O)Nc1cccc(NC(=O)c2ccccc2OCc2c(C)noc2C)c1C. The van der Waals surface area contributed by atoms with E-state index in [0.717, 1.165) is 16.8 Å². The number of nitrogens with one attached hydrogen (secondary N) is 2. The van der Waals surface area contributed by atoms with Crippen LogP contribution < -0.4 is 15.4 Å². The Bertz CT molecular complexity index is 1040. The quantitative estimate of drug-likeness (QED) is 0.648. The van der Waals surface area contributed by atoms with Gasteiger partial charge in [0.15, 0.2) is 0 Å². The standard InChI is InChI=1S/C22H23N3O4/c1-13-19(23-16(4)26)9-7-10-20(13)24-22(27)17-8-5-6-11-21(17)28-12-18-14(2)25-29-15(18)3/h5-11H,12H2,1-4H3,(H,23,26)(H,24,27). The number of nitrogens with zero attached hydrogens (tertiary/aromatic N) is 1. The fourth-order valence-corrected chi connectivity index (χ4v) is 2.92. The molecule has 7 heteroatoms. The summed E-state index contributed by atoms with van der Waals surface area (Å²) in [5.74, 6) is 0.674. The molecule has 0 aliphatic carbocycles. The molecule has 2 amide bonds. The zero-order chi connectivity index (χ0) is 21.0. The molecule has 1 aromatic heterocycles. The second-order valence-corrected chi connectivity index (χ2v) is 6.70. The molecule has 150 valence electrons. The minimum atomic E-state index is -0.303. The molecular formula is C22H23N3O4. The molecule has 0 saturated carbocycles. The maximum Gasteiger partial charge on any atom is 0.259 e. The molecule has 29 heavy (non-hydrogen) atoms. The summed E-state index contributed by atoms with van der Waals surface area (Å²) < 4.78 is 11.0. The van der Waals surface area contributed by atoms with E-state index in [1.807, 2.05) is 26.8 Å². The second-order valence-electron chi connectivity index (χ2n) is 6.70. The van der Waals surface area contributed by atoms with Crippen molar-refractivity contribution >= 4 is 23.2 Å². The van der Waals surface area contributed by atoms with E-state index in [0.29, 0.717) is 28.4 Å². The van der Waals surface area contributed by atoms with Crippen molar-refractivity contribution in [3.05, 3.63) is 70.6 Å². The van der Waals surface area contributed by atoms with Crippen LogP contribution in [0.3, 0.4) is 0 Å². The van der Waals surface area contributed by atoms with Crippen LogP contribution in [0, 0.1) is 20.8 Å². The van der Waals surface area contributed by atoms with E-state index >= 15 is 0 Å². The molecule has 0 fully saturated rings. The maximum absolute atomic E-state index is 12.9. The molecule has 0 radical (unpaired) electrons. The van der Waals surface area contributed by atoms with Crippen LogP contribution in [0.2, 0.25) is 0 Å². The molecule has 2 N–H and O–H groups in total. The van der Waals surface area contributed by atoms with Gasteiger partial charge in [-0.05, 0) is 50.6 Å². The number of aryl methyl sites for hydroxylation is 2. The van der Waals surface area contributed by atoms with Crippen LogP contribution in [0.1, 0.15) is 39.9 Å². The first-order valence-electron chi connectivity index (χ1n) is 9.19. The van der Waals surface area contributed by atoms with Crippen LogP contribution in [-0.2, 0) is 11.4 Å². The number of carbonyl (C=O) groups excluding carboxylic acids is 2. The molecule has 0 aliphatic heterocycles. The highest BCUT2D eigenvalue weighted by Crippen LogP contribution is 2.26. The molecule has 1 heterocycles. The highest BCUT2D eigenvalue weighted by Gasteiger charge is 2.16. The number of ether oxygens (including phenoxy) is 1. The number of rotatable bonds is 6. The van der Waals surface area contributed by atoms with Crippen LogP contribution in [0.4, 0.5) is 11.4 Å². The van der Waals surface area contributed by atoms with Crippen molar-refractivity contribution in [2.24, 2.45) is 0 Å². The Labute approximate surface area is 169 Å². The number of amides is 2. The third-order valence-electron chi connectivity index (χ3n) is 4.58. The van der Waals surface area contributed by atoms with Crippen molar-refractivity contribution in [2.45, 2.75) is 34.3 Å². The largest absolute Gasteiger partial charge is 0.488 e. The van der Waals surface area contributed by atoms with Crippen LogP contribution in [0.15, 0.2) is 47.0 Å². The van der Waals surface area contributed by atoms with Gasteiger partial charge in [0.05, 0.1) is 16.8 Å². The van der Waals surface area contributed by atoms with Crippen molar-refractivity contribution < 1.29 is 18.8 Å². The van der Waals surface area contributed by atoms with Gasteiger partial charge >= 0.3 is 0 Å². The Morgan fingerprint density at radius 3 is 2.34 bits per heavy atom. The summed E-state index contributed by atoms with van der Waals surface area (Å²) in [6.07, 6.45) is 0. The van der Waals surface area contributed by atoms with Gasteiger partial charge in [-0.25, -0.2) is 0 Å². The Kier molecular flexibility index (Phi) is 5.97. The summed E-state index contributed by atoms with van der Waals surface area (Å²) in [7, 11) is 0. The van der Waals surface area contributed by atoms with E-state index in [-0.39, 0.29) is 18.4 Å². The monoisotopic (exact) mass is 393 g/mol. The summed E-state index contributed by atoms with van der Waals surface area (Å²) in [4.78, 5) is 24.3. The number of anilines is 2. The lowest BCUT2D eigenvalue weighted by atomic mass is 10.1. The average molecular weight is 393 g/mol. The molecule has 7 nitrogen and oxygen atoms in total. The lowest BCUT2D eigenvalue weighted by Gasteiger charge is -2.14. The van der Waals surface area contributed by atoms with Gasteiger partial charge in [-0.1, -0.05) is 23.4 Å². The van der Waals surface area contributed by atoms with Crippen LogP contribution >= 0.6 is 0 Å². The van der Waals surface area contributed by atoms with E-state index in [4.69, 9.17) is 9.26 Å². The van der Waals surface area contributed by atoms with E-state index in [1.54, 1.807) is 36.4 Å². The molecule has 3 rings (SSSR count). The van der Waals surface area contributed by atoms with Gasteiger partial charge in [0.25, 0.3) is 5.91 Å². The topological polar surface area (TPSA) is 93.5 Å². The zero-order valence-electron chi connectivity index (χ0n) is 16.8. The summed E-state index contributed by atoms with van der Waals surface area (Å²) in [6, 6.07) is 12.4. The Hall–Kier alpha value is -3.61. The molecule has 0 spiro atoms. The van der Waals surface area contributed by atoms with E-state index < -0.39 is 0 Å². The molecule has 0 atom stereocenters. The van der Waals surface area contributed by atoms with Crippen molar-refractivity contribution in [1.29, 1.82) is 0 Å². The maximum atomic E-state index is 12.9. The van der Waals surface area contributed by atoms with E-state index in [2.05, 4.69) is 15.8 Å². The molecule has 0 unspecified atom stereocenters. The van der Waals surface area contributed by atoms with Crippen molar-refractivity contribution in [3.63, 3.8) is 0 Å². The summed E-state index contributed by atoms with van der Waals surface area (Å²) in [5.41, 5.74) is 4.06. The number of para-hydroxylation sites is 1. The molecule has 0 aliphatic rings. The summed E-state index contributed by atoms with van der Waals surface area (Å²) >= 11 is 0. The van der Waals surface area contributed by atoms with Crippen LogP contribution in [-0.4, -0.2) is 17.0 Å². The number of aromatic nitrogens is 1. The normalized spacial score (nSPS) is 10.5. The number of benzene rings is 2. The molecular weight excluding hydrogens is 370 g/mol. The van der Waals surface area contributed by atoms with Crippen molar-refractivity contribution in [3.8, 4) is 5.75 Å². The first-order valence-corrected chi connectivity index (χ1v) is 9.19. The fraction of sp³-hybridized carbons (Fsp3) is 0.227. The van der Waals surface area contributed by atoms with E-state index in [9.17, 15) is 9.59 Å². The van der Waals surface area contributed by atoms with E-state index in [1.165, 1.54) is 6.92 Å². The van der Waals surface area contributed by atoms with Gasteiger partial charge in [-0.15, -0.1) is 0 Å². The van der Waals surface area contributed by atoms with Gasteiger partial charge in [-0.2, -0.15) is 0 Å². The van der Waals surface area contributed by atoms with Gasteiger partial charge in [0.2, 0.25) is 5.91 Å². The Balaban J connectivity index is 1.79. The zero-order valence-corrected chi connectivity index (χ0v) is 16.8. The second kappa shape index (κ2) is 8.60. The average Bonchev–Trinajstić information content (AvgIpc) is 3.01. The predicted molar refractivity (Wildman–Crippen MR) is 110 cm³/mol. The van der Waals surface area contributed by atoms with Crippen LogP contribution in [0.5, 0.6) is 5.75 Å². The minimum Gasteiger partial charge on any atom is -0.488 e. The highest BCUT2D eigenvalue weighted by atomic mass is 16.5. The molecule has 3 aromatic rings. The minimum absolute atomic E-state index is 0.172. The van der Waals surface area contributed by atoms with Crippen molar-refractivity contribution in [2.75, 3.05) is 10.6 Å². The first kappa shape index (κ1) is 20.1. The fourth-order valence-electron chi connectivity index (χ4n) is 2.92. The number of hydrogen-bond donors (Lipinski definition) is 2. The van der Waals surface area contributed by atoms with Gasteiger partial charge < -0.3 is 19.9 Å². The molecule has 0 saturated heterocycles. The number of carbonyl (C=O) groups is 2. The highest BCUT2D eigenvalue weighted by molar-refractivity contribution is 6.07. The third kappa shape index (κ3) is 4.63. The van der Waals surface area contributed by atoms with Gasteiger partial charge in [0, 0.05) is 18.3 Å². The third-order valence-corrected chi connectivity index (χ3v) is 4.58. The van der Waals surface area contributed by atoms with Gasteiger partial charge in [0.1, 0.15) is 18.1 Å². The van der Waals surface area contributed by atoms with Crippen LogP contribution in [0.25, 0.3) is 0 Å². The lowest BCUT2D eigenvalue weighted by Crippen LogP contribution is -2.15. The Morgan fingerprint density at radius 2 is 1.69 bits per heavy atom. The smallest absolute Gasteiger partial charge is 0.259 e. The summed E-state index contributed by atoms with van der Waals surface area (Å²) in [5, 5.41) is 9.57. The Morgan fingerprint density at radius 1 is 1.00 bits per heavy atom. The molecule has 0 bridgehead atoms. The predicted octanol–water partition coefficient (Wildman–Crippen LogP) is 4.39.